The number of esters is 2. The smallest absolute Gasteiger partial charge is 0.332 e. The molecule has 0 aliphatic rings. The maximum Gasteiger partial charge on any atom is 0.332 e. The number of methoxy groups -OCH3 is 1. The number of rotatable bonds is 6. The Kier molecular flexibility index (Phi) is 28.6. The molecule has 0 spiro atoms. The molecule has 1 radical (unpaired) electrons. The van der Waals surface area contributed by atoms with Gasteiger partial charge in [0.25, 0.3) is 0 Å². The second-order valence-corrected chi connectivity index (χ2v) is 3.54. The molecule has 0 aromatic carbocycles. The van der Waals surface area contributed by atoms with Gasteiger partial charge in [-0.15, -0.1) is 0 Å². The van der Waals surface area contributed by atoms with Gasteiger partial charge in [-0.25, -0.2) is 14.4 Å². The van der Waals surface area contributed by atoms with E-state index < -0.39 is 5.97 Å². The van der Waals surface area contributed by atoms with E-state index in [0.717, 1.165) is 18.9 Å². The van der Waals surface area contributed by atoms with E-state index in [-0.39, 0.29) is 42.9 Å². The Hall–Kier alpha value is -1.37. The molecule has 0 rings (SSSR count). The predicted molar refractivity (Wildman–Crippen MR) is 88.6 cm³/mol. The average molecular weight is 325 g/mol. The maximum absolute atomic E-state index is 10.3. The van der Waals surface area contributed by atoms with Crippen LogP contribution in [0.5, 0.6) is 0 Å². The molecule has 0 heterocycles. The molecule has 0 aliphatic carbocycles. The summed E-state index contributed by atoms with van der Waals surface area (Å²) in [5, 5.41) is 7.60. The SMILES string of the molecule is C=C(C)C(=O)OC.C=CC(=O)O.C=CC(=O)OCCCC.[HH].[Na]. The topological polar surface area (TPSA) is 89.9 Å². The molecule has 123 valence electrons. The molecule has 0 fully saturated rings. The second-order valence-electron chi connectivity index (χ2n) is 3.54. The van der Waals surface area contributed by atoms with Crippen molar-refractivity contribution in [2.24, 2.45) is 0 Å². The predicted octanol–water partition coefficient (Wildman–Crippen LogP) is 2.37. The van der Waals surface area contributed by atoms with E-state index in [2.05, 4.69) is 29.2 Å². The average Bonchev–Trinajstić information content (AvgIpc) is 2.47. The van der Waals surface area contributed by atoms with Gasteiger partial charge in [0.05, 0.1) is 13.7 Å². The molecule has 0 unspecified atom stereocenters. The van der Waals surface area contributed by atoms with Gasteiger partial charge in [0.1, 0.15) is 0 Å². The number of hydrogen-bond donors (Lipinski definition) is 1. The van der Waals surface area contributed by atoms with Gasteiger partial charge in [-0.05, 0) is 13.3 Å². The summed E-state index contributed by atoms with van der Waals surface area (Å²) < 4.78 is 8.95. The van der Waals surface area contributed by atoms with Crippen molar-refractivity contribution in [3.63, 3.8) is 0 Å². The zero-order valence-electron chi connectivity index (χ0n) is 13.9. The monoisotopic (exact) mass is 325 g/mol. The number of carboxylic acids is 1. The minimum absolute atomic E-state index is 0. The first kappa shape index (κ1) is 28.7. The Bertz CT molecular complexity index is 369. The molecule has 0 amide bonds. The van der Waals surface area contributed by atoms with Crippen molar-refractivity contribution in [1.29, 1.82) is 0 Å². The first-order valence-electron chi connectivity index (χ1n) is 6.15. The first-order chi connectivity index (χ1) is 9.76. The number of carboxylic acid groups (broad SMARTS) is 1. The summed E-state index contributed by atoms with van der Waals surface area (Å²) >= 11 is 0. The fourth-order valence-electron chi connectivity index (χ4n) is 0.550. The number of unbranched alkanes of at least 4 members (excludes halogenated alkanes) is 1. The minimum atomic E-state index is -0.981. The van der Waals surface area contributed by atoms with Crippen LogP contribution < -0.4 is 0 Å². The van der Waals surface area contributed by atoms with Crippen LogP contribution in [0.1, 0.15) is 28.1 Å². The molecule has 0 atom stereocenters. The van der Waals surface area contributed by atoms with Gasteiger partial charge in [0.2, 0.25) is 0 Å². The normalized spacial score (nSPS) is 7.41. The molecule has 0 aliphatic heterocycles. The standard InChI is InChI=1S/C7H12O2.C5H8O2.C3H4O2.Na.H2/c1-3-5-6-9-7(8)4-2;1-4(2)5(6)7-3;1-2-3(4)5;;/h4H,2-3,5-6H2,1H3;1H2,2-3H3;2H,1H2,(H,4,5);;1H. The number of carbonyl (C=O) groups excluding carboxylic acids is 2. The van der Waals surface area contributed by atoms with E-state index in [1.807, 2.05) is 6.92 Å². The van der Waals surface area contributed by atoms with Crippen LogP contribution in [-0.4, -0.2) is 66.3 Å². The van der Waals surface area contributed by atoms with Crippen molar-refractivity contribution in [1.82, 2.24) is 0 Å². The zero-order chi connectivity index (χ0) is 17.3. The van der Waals surface area contributed by atoms with Gasteiger partial charge in [-0.3, -0.25) is 0 Å². The van der Waals surface area contributed by atoms with Crippen LogP contribution in [0.2, 0.25) is 0 Å². The molecule has 0 aromatic heterocycles. The second kappa shape index (κ2) is 21.9. The Morgan fingerprint density at radius 1 is 1.23 bits per heavy atom. The molecular formula is C15H26NaO6. The van der Waals surface area contributed by atoms with Crippen LogP contribution in [-0.2, 0) is 23.9 Å². The van der Waals surface area contributed by atoms with Crippen LogP contribution >= 0.6 is 0 Å². The Balaban J connectivity index is -0.0000000701. The van der Waals surface area contributed by atoms with E-state index in [9.17, 15) is 14.4 Å². The van der Waals surface area contributed by atoms with Crippen molar-refractivity contribution in [3.8, 4) is 0 Å². The van der Waals surface area contributed by atoms with E-state index >= 15 is 0 Å². The van der Waals surface area contributed by atoms with Crippen LogP contribution in [0.3, 0.4) is 0 Å². The number of aliphatic carboxylic acids is 1. The van der Waals surface area contributed by atoms with Gasteiger partial charge in [-0.1, -0.05) is 33.1 Å². The van der Waals surface area contributed by atoms with E-state index in [1.165, 1.54) is 13.2 Å². The zero-order valence-corrected chi connectivity index (χ0v) is 15.9. The summed E-state index contributed by atoms with van der Waals surface area (Å²) in [5.41, 5.74) is 0.433. The van der Waals surface area contributed by atoms with Crippen LogP contribution in [0.4, 0.5) is 0 Å². The van der Waals surface area contributed by atoms with Crippen molar-refractivity contribution in [2.45, 2.75) is 26.7 Å². The van der Waals surface area contributed by atoms with E-state index in [4.69, 9.17) is 5.11 Å². The van der Waals surface area contributed by atoms with Gasteiger partial charge in [-0.2, -0.15) is 0 Å². The van der Waals surface area contributed by atoms with Gasteiger partial charge >= 0.3 is 17.9 Å². The molecular weight excluding hydrogens is 299 g/mol. The van der Waals surface area contributed by atoms with Crippen LogP contribution in [0.25, 0.3) is 0 Å². The third-order valence-electron chi connectivity index (χ3n) is 1.62. The molecule has 0 aromatic rings. The maximum atomic E-state index is 10.3. The first-order valence-corrected chi connectivity index (χ1v) is 6.15. The fourth-order valence-corrected chi connectivity index (χ4v) is 0.550. The molecule has 6 nitrogen and oxygen atoms in total. The van der Waals surface area contributed by atoms with Crippen molar-refractivity contribution in [2.75, 3.05) is 13.7 Å². The van der Waals surface area contributed by atoms with Gasteiger partial charge in [0, 0.05) is 48.7 Å². The fraction of sp³-hybridized carbons (Fsp3) is 0.400. The number of hydrogen-bond acceptors (Lipinski definition) is 5. The Labute approximate surface area is 155 Å². The third-order valence-corrected chi connectivity index (χ3v) is 1.62. The minimum Gasteiger partial charge on any atom is -0.478 e. The van der Waals surface area contributed by atoms with Gasteiger partial charge < -0.3 is 14.6 Å². The number of ether oxygens (including phenoxy) is 2. The van der Waals surface area contributed by atoms with Crippen molar-refractivity contribution < 1.29 is 30.4 Å². The van der Waals surface area contributed by atoms with Crippen LogP contribution in [0, 0.1) is 0 Å². The summed E-state index contributed by atoms with van der Waals surface area (Å²) in [6.07, 6.45) is 3.99. The van der Waals surface area contributed by atoms with E-state index in [0.29, 0.717) is 12.2 Å². The summed E-state index contributed by atoms with van der Waals surface area (Å²) in [6, 6.07) is 0. The summed E-state index contributed by atoms with van der Waals surface area (Å²) in [6.45, 7) is 13.7. The summed E-state index contributed by atoms with van der Waals surface area (Å²) in [7, 11) is 1.33. The molecule has 0 saturated heterocycles. The molecule has 7 heteroatoms. The molecule has 0 saturated carbocycles. The van der Waals surface area contributed by atoms with Crippen molar-refractivity contribution >= 4 is 47.5 Å². The molecule has 1 N–H and O–H groups in total. The quantitative estimate of drug-likeness (QED) is 0.349. The molecule has 22 heavy (non-hydrogen) atoms. The van der Waals surface area contributed by atoms with Gasteiger partial charge in [0.15, 0.2) is 0 Å². The molecule has 0 bridgehead atoms. The third kappa shape index (κ3) is 31.2. The summed E-state index contributed by atoms with van der Waals surface area (Å²) in [5.74, 6) is -1.66. The van der Waals surface area contributed by atoms with Crippen LogP contribution in [0.15, 0.2) is 37.5 Å². The number of carbonyl (C=O) groups is 3. The summed E-state index contributed by atoms with van der Waals surface area (Å²) in [4.78, 5) is 29.8. The largest absolute Gasteiger partial charge is 0.478 e. The Morgan fingerprint density at radius 2 is 1.68 bits per heavy atom. The van der Waals surface area contributed by atoms with Crippen molar-refractivity contribution in [3.05, 3.63) is 37.5 Å². The Morgan fingerprint density at radius 3 is 1.86 bits per heavy atom. The van der Waals surface area contributed by atoms with E-state index in [1.54, 1.807) is 6.92 Å².